The lowest BCUT2D eigenvalue weighted by Crippen LogP contribution is -2.34. The normalized spacial score (nSPS) is 22.1. The summed E-state index contributed by atoms with van der Waals surface area (Å²) < 4.78 is 42.6. The van der Waals surface area contributed by atoms with Gasteiger partial charge in [-0.3, -0.25) is 4.79 Å². The first-order valence-electron chi connectivity index (χ1n) is 10.3. The Balaban J connectivity index is 1.41. The molecule has 0 aromatic heterocycles. The van der Waals surface area contributed by atoms with Crippen molar-refractivity contribution in [2.45, 2.75) is 35.8 Å². The maximum atomic E-state index is 14.2. The topological polar surface area (TPSA) is 57.7 Å². The van der Waals surface area contributed by atoms with Crippen LogP contribution in [0.2, 0.25) is 0 Å². The van der Waals surface area contributed by atoms with Gasteiger partial charge in [0.25, 0.3) is 0 Å². The van der Waals surface area contributed by atoms with Crippen LogP contribution < -0.4 is 4.90 Å². The zero-order chi connectivity index (χ0) is 20.9. The van der Waals surface area contributed by atoms with Crippen LogP contribution in [0.3, 0.4) is 0 Å². The summed E-state index contributed by atoms with van der Waals surface area (Å²) in [5.74, 6) is 0.516. The van der Waals surface area contributed by atoms with E-state index in [9.17, 15) is 17.6 Å². The van der Waals surface area contributed by atoms with Crippen LogP contribution in [0.1, 0.15) is 34.8 Å². The van der Waals surface area contributed by atoms with Crippen LogP contribution in [-0.4, -0.2) is 44.0 Å². The average Bonchev–Trinajstić information content (AvgIpc) is 3.01. The molecular weight excluding hydrogens is 423 g/mol. The molecule has 1 atom stereocenters. The zero-order valence-electron chi connectivity index (χ0n) is 16.5. The molecule has 0 aliphatic carbocycles. The lowest BCUT2D eigenvalue weighted by molar-refractivity contribution is -0.118. The van der Waals surface area contributed by atoms with Crippen molar-refractivity contribution in [3.05, 3.63) is 58.9 Å². The molecule has 3 aliphatic heterocycles. The quantitative estimate of drug-likeness (QED) is 0.724. The van der Waals surface area contributed by atoms with Gasteiger partial charge in [0.1, 0.15) is 5.82 Å². The van der Waals surface area contributed by atoms with E-state index in [4.69, 9.17) is 0 Å². The molecule has 3 heterocycles. The number of carbonyl (C=O) groups excluding carboxylic acids is 1. The molecule has 0 radical (unpaired) electrons. The molecule has 0 saturated carbocycles. The second-order valence-electron chi connectivity index (χ2n) is 7.96. The predicted octanol–water partition coefficient (Wildman–Crippen LogP) is 3.53. The van der Waals surface area contributed by atoms with E-state index in [2.05, 4.69) is 0 Å². The van der Waals surface area contributed by atoms with Gasteiger partial charge in [0, 0.05) is 42.6 Å². The van der Waals surface area contributed by atoms with Gasteiger partial charge in [0.15, 0.2) is 0 Å². The van der Waals surface area contributed by atoms with Crippen molar-refractivity contribution in [2.75, 3.05) is 30.3 Å². The van der Waals surface area contributed by atoms with Crippen LogP contribution in [0.25, 0.3) is 0 Å². The van der Waals surface area contributed by atoms with Gasteiger partial charge in [-0.1, -0.05) is 18.2 Å². The molecule has 0 N–H and O–H groups in total. The van der Waals surface area contributed by atoms with Crippen molar-refractivity contribution in [1.29, 1.82) is 0 Å². The Bertz CT molecular complexity index is 1120. The standard InChI is InChI=1S/C22H23FN2O3S2/c23-19-4-2-1-3-18(19)20-8-9-24(11-12-29-20)30(27,28)17-13-15-5-6-21(26)25-10-7-16(14-17)22(15)25/h1-4,13-14,20H,5-12H2/t20-/m1/s1. The van der Waals surface area contributed by atoms with Crippen molar-refractivity contribution in [1.82, 2.24) is 4.31 Å². The van der Waals surface area contributed by atoms with Crippen LogP contribution >= 0.6 is 11.8 Å². The molecule has 0 bridgehead atoms. The molecule has 2 aromatic rings. The van der Waals surface area contributed by atoms with E-state index in [1.54, 1.807) is 40.9 Å². The highest BCUT2D eigenvalue weighted by Gasteiger charge is 2.35. The van der Waals surface area contributed by atoms with Crippen molar-refractivity contribution in [3.63, 3.8) is 0 Å². The van der Waals surface area contributed by atoms with Crippen LogP contribution in [0.4, 0.5) is 10.1 Å². The number of carbonyl (C=O) groups is 1. The molecule has 0 unspecified atom stereocenters. The third-order valence-corrected chi connectivity index (χ3v) is 9.40. The fraction of sp³-hybridized carbons (Fsp3) is 0.409. The summed E-state index contributed by atoms with van der Waals surface area (Å²) >= 11 is 1.61. The van der Waals surface area contributed by atoms with Gasteiger partial charge in [-0.25, -0.2) is 12.8 Å². The number of rotatable bonds is 3. The second kappa shape index (κ2) is 7.66. The van der Waals surface area contributed by atoms with Crippen LogP contribution in [0.15, 0.2) is 41.3 Å². The minimum atomic E-state index is -3.64. The lowest BCUT2D eigenvalue weighted by Gasteiger charge is -2.26. The number of benzene rings is 2. The van der Waals surface area contributed by atoms with E-state index in [0.717, 1.165) is 16.8 Å². The Labute approximate surface area is 180 Å². The number of hydrogen-bond acceptors (Lipinski definition) is 4. The van der Waals surface area contributed by atoms with Crippen LogP contribution in [0.5, 0.6) is 0 Å². The highest BCUT2D eigenvalue weighted by atomic mass is 32.2. The molecule has 2 aromatic carbocycles. The van der Waals surface area contributed by atoms with E-state index in [1.807, 2.05) is 6.07 Å². The summed E-state index contributed by atoms with van der Waals surface area (Å²) in [6.07, 6.45) is 2.29. The number of sulfonamides is 1. The Morgan fingerprint density at radius 2 is 1.77 bits per heavy atom. The minimum absolute atomic E-state index is 0.0489. The largest absolute Gasteiger partial charge is 0.312 e. The number of aryl methyl sites for hydroxylation is 1. The van der Waals surface area contributed by atoms with Gasteiger partial charge in [-0.2, -0.15) is 16.1 Å². The van der Waals surface area contributed by atoms with Gasteiger partial charge in [0.05, 0.1) is 10.6 Å². The SMILES string of the molecule is O=C1CCc2cc(S(=O)(=O)N3CCS[C@@H](c4ccccc4F)CC3)cc3c2N1CC3. The summed E-state index contributed by atoms with van der Waals surface area (Å²) in [5.41, 5.74) is 3.48. The van der Waals surface area contributed by atoms with E-state index in [0.29, 0.717) is 61.5 Å². The predicted molar refractivity (Wildman–Crippen MR) is 116 cm³/mol. The summed E-state index contributed by atoms with van der Waals surface area (Å²) in [6.45, 7) is 1.41. The summed E-state index contributed by atoms with van der Waals surface area (Å²) in [7, 11) is -3.64. The summed E-state index contributed by atoms with van der Waals surface area (Å²) in [4.78, 5) is 14.2. The lowest BCUT2D eigenvalue weighted by atomic mass is 10.00. The van der Waals surface area contributed by atoms with E-state index in [-0.39, 0.29) is 17.0 Å². The minimum Gasteiger partial charge on any atom is -0.312 e. The van der Waals surface area contributed by atoms with Crippen molar-refractivity contribution < 1.29 is 17.6 Å². The van der Waals surface area contributed by atoms with Gasteiger partial charge in [-0.05, 0) is 48.6 Å². The number of nitrogens with zero attached hydrogens (tertiary/aromatic N) is 2. The summed E-state index contributed by atoms with van der Waals surface area (Å²) in [5, 5.41) is -0.0489. The molecule has 0 spiro atoms. The highest BCUT2D eigenvalue weighted by molar-refractivity contribution is 7.99. The molecular formula is C22H23FN2O3S2. The number of thioether (sulfide) groups is 1. The number of hydrogen-bond donors (Lipinski definition) is 0. The van der Waals surface area contributed by atoms with Gasteiger partial charge in [0.2, 0.25) is 15.9 Å². The smallest absolute Gasteiger partial charge is 0.243 e. The molecule has 1 saturated heterocycles. The van der Waals surface area contributed by atoms with E-state index in [1.165, 1.54) is 10.4 Å². The molecule has 8 heteroatoms. The van der Waals surface area contributed by atoms with Gasteiger partial charge >= 0.3 is 0 Å². The maximum absolute atomic E-state index is 14.2. The van der Waals surface area contributed by atoms with Crippen LogP contribution in [0, 0.1) is 5.82 Å². The first kappa shape index (κ1) is 20.0. The molecule has 3 aliphatic rings. The first-order chi connectivity index (χ1) is 14.4. The molecule has 5 nitrogen and oxygen atoms in total. The molecule has 158 valence electrons. The fourth-order valence-electron chi connectivity index (χ4n) is 4.70. The number of amides is 1. The monoisotopic (exact) mass is 446 g/mol. The molecule has 1 fully saturated rings. The number of halogens is 1. The van der Waals surface area contributed by atoms with Crippen molar-refractivity contribution in [2.24, 2.45) is 0 Å². The Morgan fingerprint density at radius 1 is 1.00 bits per heavy atom. The van der Waals surface area contributed by atoms with Crippen LogP contribution in [-0.2, 0) is 27.7 Å². The Kier molecular flexibility index (Phi) is 5.11. The van der Waals surface area contributed by atoms with Crippen molar-refractivity contribution >= 4 is 33.4 Å². The highest BCUT2D eigenvalue weighted by Crippen LogP contribution is 2.40. The number of anilines is 1. The third kappa shape index (κ3) is 3.35. The van der Waals surface area contributed by atoms with Gasteiger partial charge in [-0.15, -0.1) is 0 Å². The summed E-state index contributed by atoms with van der Waals surface area (Å²) in [6, 6.07) is 10.2. The molecule has 5 rings (SSSR count). The van der Waals surface area contributed by atoms with Gasteiger partial charge < -0.3 is 4.90 Å². The van der Waals surface area contributed by atoms with E-state index >= 15 is 0 Å². The fourth-order valence-corrected chi connectivity index (χ4v) is 7.63. The van der Waals surface area contributed by atoms with Crippen molar-refractivity contribution in [3.8, 4) is 0 Å². The molecule has 1 amide bonds. The molecule has 30 heavy (non-hydrogen) atoms. The van der Waals surface area contributed by atoms with E-state index < -0.39 is 10.0 Å². The Morgan fingerprint density at radius 3 is 2.57 bits per heavy atom. The average molecular weight is 447 g/mol. The second-order valence-corrected chi connectivity index (χ2v) is 11.2. The third-order valence-electron chi connectivity index (χ3n) is 6.22. The maximum Gasteiger partial charge on any atom is 0.243 e. The Hall–Kier alpha value is -1.90. The zero-order valence-corrected chi connectivity index (χ0v) is 18.1. The first-order valence-corrected chi connectivity index (χ1v) is 12.8.